The first-order chi connectivity index (χ1) is 6.24. The molecule has 0 spiro atoms. The third-order valence-electron chi connectivity index (χ3n) is 1.11. The number of thiophene rings is 1. The van der Waals surface area contributed by atoms with Crippen molar-refractivity contribution in [2.75, 3.05) is 5.88 Å². The molecule has 0 aliphatic heterocycles. The van der Waals surface area contributed by atoms with Crippen molar-refractivity contribution in [1.29, 1.82) is 0 Å². The van der Waals surface area contributed by atoms with Crippen molar-refractivity contribution in [3.05, 3.63) is 22.4 Å². The predicted molar refractivity (Wildman–Crippen MR) is 52.1 cm³/mol. The lowest BCUT2D eigenvalue weighted by atomic mass is 10.5. The van der Waals surface area contributed by atoms with Gasteiger partial charge in [0, 0.05) is 0 Å². The van der Waals surface area contributed by atoms with Gasteiger partial charge in [-0.05, 0) is 11.4 Å². The molecule has 0 aliphatic carbocycles. The van der Waals surface area contributed by atoms with Crippen LogP contribution in [-0.4, -0.2) is 17.7 Å². The van der Waals surface area contributed by atoms with Crippen molar-refractivity contribution in [3.8, 4) is 0 Å². The smallest absolute Gasteiger partial charge is 0.375 e. The van der Waals surface area contributed by atoms with Crippen LogP contribution >= 0.6 is 22.9 Å². The van der Waals surface area contributed by atoms with Crippen LogP contribution in [0.3, 0.4) is 0 Å². The normalized spacial score (nSPS) is 11.3. The summed E-state index contributed by atoms with van der Waals surface area (Å²) in [4.78, 5) is 16.1. The van der Waals surface area contributed by atoms with Crippen LogP contribution in [0.1, 0.15) is 9.67 Å². The van der Waals surface area contributed by atoms with Crippen molar-refractivity contribution in [2.24, 2.45) is 10.9 Å². The molecule has 0 saturated heterocycles. The number of carbonyl (C=O) groups excluding carboxylic acids is 1. The first kappa shape index (κ1) is 10.0. The number of halogens is 1. The number of alkyl halides is 1. The first-order valence-electron chi connectivity index (χ1n) is 3.37. The summed E-state index contributed by atoms with van der Waals surface area (Å²) in [6, 6.07) is 3.38. The van der Waals surface area contributed by atoms with Gasteiger partial charge in [-0.2, -0.15) is 0 Å². The van der Waals surface area contributed by atoms with E-state index in [1.54, 1.807) is 17.5 Å². The molecule has 0 saturated carbocycles. The van der Waals surface area contributed by atoms with E-state index in [0.717, 1.165) is 0 Å². The number of nitrogens with zero attached hydrogens (tertiary/aromatic N) is 1. The third-order valence-corrected chi connectivity index (χ3v) is 2.23. The van der Waals surface area contributed by atoms with Crippen molar-refractivity contribution in [2.45, 2.75) is 0 Å². The number of hydrogen-bond acceptors (Lipinski definition) is 4. The third kappa shape index (κ3) is 3.04. The van der Waals surface area contributed by atoms with E-state index in [2.05, 4.69) is 9.99 Å². The first-order valence-corrected chi connectivity index (χ1v) is 4.78. The van der Waals surface area contributed by atoms with E-state index >= 15 is 0 Å². The number of hydrogen-bond donors (Lipinski definition) is 1. The van der Waals surface area contributed by atoms with E-state index in [9.17, 15) is 4.79 Å². The Kier molecular flexibility index (Phi) is 3.72. The Bertz CT molecular complexity index is 310. The lowest BCUT2D eigenvalue weighted by Crippen LogP contribution is -2.14. The molecule has 2 N–H and O–H groups in total. The van der Waals surface area contributed by atoms with Crippen molar-refractivity contribution >= 4 is 34.7 Å². The van der Waals surface area contributed by atoms with E-state index in [-0.39, 0.29) is 11.7 Å². The molecule has 0 radical (unpaired) electrons. The minimum Gasteiger partial charge on any atom is -0.383 e. The van der Waals surface area contributed by atoms with Crippen LogP contribution in [0.15, 0.2) is 22.7 Å². The van der Waals surface area contributed by atoms with Gasteiger partial charge in [0.25, 0.3) is 0 Å². The average Bonchev–Trinajstić information content (AvgIpc) is 2.66. The van der Waals surface area contributed by atoms with E-state index in [0.29, 0.717) is 4.88 Å². The number of oxime groups is 1. The SMILES string of the molecule is NC(CCl)=NOC(=O)c1cccs1. The van der Waals surface area contributed by atoms with E-state index in [1.165, 1.54) is 11.3 Å². The highest BCUT2D eigenvalue weighted by molar-refractivity contribution is 7.11. The Balaban J connectivity index is 2.52. The van der Waals surface area contributed by atoms with E-state index in [4.69, 9.17) is 17.3 Å². The summed E-state index contributed by atoms with van der Waals surface area (Å²) >= 11 is 6.59. The second-order valence-corrected chi connectivity index (χ2v) is 3.29. The maximum Gasteiger partial charge on any atom is 0.375 e. The molecule has 70 valence electrons. The molecule has 0 amide bonds. The highest BCUT2D eigenvalue weighted by Gasteiger charge is 2.07. The largest absolute Gasteiger partial charge is 0.383 e. The summed E-state index contributed by atoms with van der Waals surface area (Å²) in [6.45, 7) is 0. The topological polar surface area (TPSA) is 64.7 Å². The molecule has 0 atom stereocenters. The monoisotopic (exact) mass is 218 g/mol. The summed E-state index contributed by atoms with van der Waals surface area (Å²) in [5, 5.41) is 5.09. The number of amidine groups is 1. The van der Waals surface area contributed by atoms with Gasteiger partial charge in [0.15, 0.2) is 5.84 Å². The number of rotatable bonds is 3. The van der Waals surface area contributed by atoms with Gasteiger partial charge in [-0.25, -0.2) is 4.79 Å². The fourth-order valence-electron chi connectivity index (χ4n) is 0.564. The molecule has 0 fully saturated rings. The summed E-state index contributed by atoms with van der Waals surface area (Å²) < 4.78 is 0. The van der Waals surface area contributed by atoms with Gasteiger partial charge in [0.2, 0.25) is 0 Å². The standard InChI is InChI=1S/C7H7ClN2O2S/c8-4-6(9)10-12-7(11)5-2-1-3-13-5/h1-3H,4H2,(H2,9,10). The van der Waals surface area contributed by atoms with Crippen LogP contribution < -0.4 is 5.73 Å². The zero-order chi connectivity index (χ0) is 9.68. The minimum absolute atomic E-state index is 0.0394. The van der Waals surface area contributed by atoms with Gasteiger partial charge in [0.1, 0.15) is 4.88 Å². The van der Waals surface area contributed by atoms with Crippen LogP contribution in [0, 0.1) is 0 Å². The van der Waals surface area contributed by atoms with Crippen LogP contribution in [0.4, 0.5) is 0 Å². The van der Waals surface area contributed by atoms with Crippen molar-refractivity contribution in [1.82, 2.24) is 0 Å². The zero-order valence-electron chi connectivity index (χ0n) is 6.57. The summed E-state index contributed by atoms with van der Waals surface area (Å²) in [5.74, 6) is -0.410. The number of nitrogens with two attached hydrogens (primary N) is 1. The van der Waals surface area contributed by atoms with Crippen molar-refractivity contribution < 1.29 is 9.63 Å². The Morgan fingerprint density at radius 2 is 2.54 bits per heavy atom. The summed E-state index contributed by atoms with van der Waals surface area (Å²) in [7, 11) is 0. The van der Waals surface area contributed by atoms with Gasteiger partial charge in [-0.3, -0.25) is 0 Å². The second kappa shape index (κ2) is 4.84. The Hall–Kier alpha value is -1.07. The fraction of sp³-hybridized carbons (Fsp3) is 0.143. The molecular weight excluding hydrogens is 212 g/mol. The molecule has 1 aromatic rings. The Morgan fingerprint density at radius 3 is 3.08 bits per heavy atom. The van der Waals surface area contributed by atoms with Crippen LogP contribution in [0.5, 0.6) is 0 Å². The van der Waals surface area contributed by atoms with Crippen LogP contribution in [-0.2, 0) is 4.84 Å². The second-order valence-electron chi connectivity index (χ2n) is 2.07. The summed E-state index contributed by atoms with van der Waals surface area (Å²) in [6.07, 6.45) is 0. The quantitative estimate of drug-likeness (QED) is 0.274. The molecule has 13 heavy (non-hydrogen) atoms. The molecule has 0 bridgehead atoms. The molecule has 0 aliphatic rings. The maximum atomic E-state index is 11.1. The minimum atomic E-state index is -0.525. The molecule has 4 nitrogen and oxygen atoms in total. The van der Waals surface area contributed by atoms with E-state index < -0.39 is 5.97 Å². The molecule has 1 rings (SSSR count). The highest BCUT2D eigenvalue weighted by atomic mass is 35.5. The molecule has 1 aromatic heterocycles. The lowest BCUT2D eigenvalue weighted by molar-refractivity contribution is 0.0521. The van der Waals surface area contributed by atoms with Crippen molar-refractivity contribution in [3.63, 3.8) is 0 Å². The average molecular weight is 219 g/mol. The van der Waals surface area contributed by atoms with Gasteiger partial charge in [-0.15, -0.1) is 22.9 Å². The molecule has 1 heterocycles. The molecular formula is C7H7ClN2O2S. The molecule has 6 heteroatoms. The van der Waals surface area contributed by atoms with E-state index in [1.807, 2.05) is 0 Å². The van der Waals surface area contributed by atoms with Crippen LogP contribution in [0.2, 0.25) is 0 Å². The Morgan fingerprint density at radius 1 is 1.77 bits per heavy atom. The highest BCUT2D eigenvalue weighted by Crippen LogP contribution is 2.09. The predicted octanol–water partition coefficient (Wildman–Crippen LogP) is 1.42. The lowest BCUT2D eigenvalue weighted by Gasteiger charge is -1.94. The van der Waals surface area contributed by atoms with Gasteiger partial charge in [0.05, 0.1) is 5.88 Å². The number of carbonyl (C=O) groups is 1. The van der Waals surface area contributed by atoms with Gasteiger partial charge in [-0.1, -0.05) is 11.2 Å². The maximum absolute atomic E-state index is 11.1. The fourth-order valence-corrected chi connectivity index (χ4v) is 1.21. The molecule has 0 aromatic carbocycles. The summed E-state index contributed by atoms with van der Waals surface area (Å²) in [5.41, 5.74) is 5.22. The zero-order valence-corrected chi connectivity index (χ0v) is 8.14. The molecule has 0 unspecified atom stereocenters. The van der Waals surface area contributed by atoms with Gasteiger partial charge < -0.3 is 10.6 Å². The van der Waals surface area contributed by atoms with Gasteiger partial charge >= 0.3 is 5.97 Å². The Labute approximate surface area is 83.9 Å². The van der Waals surface area contributed by atoms with Crippen LogP contribution in [0.25, 0.3) is 0 Å².